The molecule has 7 nitrogen and oxygen atoms in total. The van der Waals surface area contributed by atoms with E-state index in [4.69, 9.17) is 4.74 Å². The van der Waals surface area contributed by atoms with Crippen molar-refractivity contribution in [2.24, 2.45) is 0 Å². The maximum atomic E-state index is 12.9. The first kappa shape index (κ1) is 21.2. The first-order valence-corrected chi connectivity index (χ1v) is 11.5. The summed E-state index contributed by atoms with van der Waals surface area (Å²) in [5.41, 5.74) is 1.29. The van der Waals surface area contributed by atoms with Crippen molar-refractivity contribution in [2.75, 3.05) is 18.2 Å². The predicted octanol–water partition coefficient (Wildman–Crippen LogP) is 2.61. The minimum absolute atomic E-state index is 0.0871. The van der Waals surface area contributed by atoms with Gasteiger partial charge in [-0.05, 0) is 31.2 Å². The van der Waals surface area contributed by atoms with Gasteiger partial charge in [0.05, 0.1) is 28.7 Å². The van der Waals surface area contributed by atoms with E-state index in [1.165, 1.54) is 30.8 Å². The zero-order valence-corrected chi connectivity index (χ0v) is 17.7. The van der Waals surface area contributed by atoms with Crippen molar-refractivity contribution in [3.63, 3.8) is 0 Å². The second kappa shape index (κ2) is 8.87. The van der Waals surface area contributed by atoms with Gasteiger partial charge in [0.1, 0.15) is 5.75 Å². The van der Waals surface area contributed by atoms with Crippen molar-refractivity contribution in [1.82, 2.24) is 5.32 Å². The van der Waals surface area contributed by atoms with Crippen LogP contribution >= 0.6 is 11.8 Å². The molecule has 1 aliphatic rings. The summed E-state index contributed by atoms with van der Waals surface area (Å²) < 4.78 is 31.0. The van der Waals surface area contributed by atoms with E-state index in [1.807, 2.05) is 18.2 Å². The quantitative estimate of drug-likeness (QED) is 0.695. The molecule has 0 spiro atoms. The molecule has 2 aromatic rings. The van der Waals surface area contributed by atoms with Crippen LogP contribution in [0.4, 0.5) is 5.69 Å². The summed E-state index contributed by atoms with van der Waals surface area (Å²) in [7, 11) is -2.18. The van der Waals surface area contributed by atoms with Crippen LogP contribution in [0, 0.1) is 0 Å². The maximum Gasteiger partial charge on any atom is 0.234 e. The zero-order valence-electron chi connectivity index (χ0n) is 16.1. The van der Waals surface area contributed by atoms with Crippen molar-refractivity contribution < 1.29 is 22.7 Å². The number of sulfone groups is 1. The van der Waals surface area contributed by atoms with Gasteiger partial charge in [-0.1, -0.05) is 18.2 Å². The van der Waals surface area contributed by atoms with Crippen LogP contribution in [0.3, 0.4) is 0 Å². The molecule has 0 radical (unpaired) electrons. The van der Waals surface area contributed by atoms with Crippen LogP contribution in [0.1, 0.15) is 18.9 Å². The van der Waals surface area contributed by atoms with Crippen LogP contribution in [0.5, 0.6) is 5.75 Å². The number of methoxy groups -OCH3 is 1. The van der Waals surface area contributed by atoms with Gasteiger partial charge < -0.3 is 15.4 Å². The van der Waals surface area contributed by atoms with Crippen LogP contribution in [-0.2, 0) is 26.0 Å². The molecule has 2 N–H and O–H groups in total. The Morgan fingerprint density at radius 3 is 2.79 bits per heavy atom. The molecule has 0 saturated heterocycles. The number of ether oxygens (including phenoxy) is 1. The summed E-state index contributed by atoms with van der Waals surface area (Å²) in [5.74, 6) is 0.430. The van der Waals surface area contributed by atoms with Gasteiger partial charge in [0.15, 0.2) is 9.84 Å². The second-order valence-corrected chi connectivity index (χ2v) is 10.0. The summed E-state index contributed by atoms with van der Waals surface area (Å²) in [6.07, 6.45) is -0.171. The highest BCUT2D eigenvalue weighted by Crippen LogP contribution is 2.34. The molecule has 0 saturated carbocycles. The van der Waals surface area contributed by atoms with Gasteiger partial charge in [-0.15, -0.1) is 11.8 Å². The number of carbonyl (C=O) groups is 2. The Labute approximate surface area is 174 Å². The smallest absolute Gasteiger partial charge is 0.234 e. The minimum atomic E-state index is -3.73. The lowest BCUT2D eigenvalue weighted by Gasteiger charge is -2.19. The molecule has 29 heavy (non-hydrogen) atoms. The molecular formula is C20H22N2O5S2. The van der Waals surface area contributed by atoms with E-state index in [1.54, 1.807) is 19.2 Å². The number of thioether (sulfide) groups is 1. The fourth-order valence-corrected chi connectivity index (χ4v) is 5.12. The standard InChI is InChI=1S/C20H22N2O5S2/c1-13(9-19(23)21-11-14-5-3-4-6-17(14)27-2)29(25,26)15-7-8-18-16(10-15)22-20(24)12-28-18/h3-8,10,13H,9,11-12H2,1-2H3,(H,21,23)(H,22,24). The number of anilines is 1. The number of nitrogens with one attached hydrogen (secondary N) is 2. The summed E-state index contributed by atoms with van der Waals surface area (Å²) in [6, 6.07) is 11.9. The van der Waals surface area contributed by atoms with Gasteiger partial charge in [-0.2, -0.15) is 0 Å². The van der Waals surface area contributed by atoms with Crippen LogP contribution < -0.4 is 15.4 Å². The third-order valence-corrected chi connectivity index (χ3v) is 7.79. The number of amides is 2. The molecule has 1 atom stereocenters. The van der Waals surface area contributed by atoms with Crippen LogP contribution in [0.15, 0.2) is 52.3 Å². The SMILES string of the molecule is COc1ccccc1CNC(=O)CC(C)S(=O)(=O)c1ccc2c(c1)NC(=O)CS2. The summed E-state index contributed by atoms with van der Waals surface area (Å²) in [6.45, 7) is 1.75. The Morgan fingerprint density at radius 2 is 2.03 bits per heavy atom. The summed E-state index contributed by atoms with van der Waals surface area (Å²) >= 11 is 1.36. The Balaban J connectivity index is 1.66. The van der Waals surface area contributed by atoms with Crippen molar-refractivity contribution in [2.45, 2.75) is 34.9 Å². The van der Waals surface area contributed by atoms with Gasteiger partial charge in [0, 0.05) is 23.4 Å². The zero-order chi connectivity index (χ0) is 21.0. The molecule has 0 aromatic heterocycles. The number of carbonyl (C=O) groups excluding carboxylic acids is 2. The van der Waals surface area contributed by atoms with Crippen LogP contribution in [-0.4, -0.2) is 38.3 Å². The molecular weight excluding hydrogens is 412 g/mol. The Kier molecular flexibility index (Phi) is 6.49. The molecule has 0 bridgehead atoms. The van der Waals surface area contributed by atoms with E-state index in [-0.39, 0.29) is 29.7 Å². The average molecular weight is 435 g/mol. The number of hydrogen-bond acceptors (Lipinski definition) is 6. The first-order chi connectivity index (χ1) is 13.8. The molecule has 1 heterocycles. The molecule has 9 heteroatoms. The van der Waals surface area contributed by atoms with Gasteiger partial charge in [0.25, 0.3) is 0 Å². The lowest BCUT2D eigenvalue weighted by atomic mass is 10.2. The lowest BCUT2D eigenvalue weighted by molar-refractivity contribution is -0.121. The predicted molar refractivity (Wildman–Crippen MR) is 112 cm³/mol. The Bertz CT molecular complexity index is 1040. The molecule has 2 amide bonds. The van der Waals surface area contributed by atoms with Gasteiger partial charge in [-0.25, -0.2) is 8.42 Å². The Hall–Kier alpha value is -2.52. The van der Waals surface area contributed by atoms with Crippen LogP contribution in [0.2, 0.25) is 0 Å². The monoisotopic (exact) mass is 434 g/mol. The van der Waals surface area contributed by atoms with Crippen molar-refractivity contribution >= 4 is 39.1 Å². The lowest BCUT2D eigenvalue weighted by Crippen LogP contribution is -2.30. The van der Waals surface area contributed by atoms with E-state index in [2.05, 4.69) is 10.6 Å². The number of benzene rings is 2. The largest absolute Gasteiger partial charge is 0.496 e. The molecule has 1 unspecified atom stereocenters. The summed E-state index contributed by atoms with van der Waals surface area (Å²) in [5, 5.41) is 4.51. The van der Waals surface area contributed by atoms with Gasteiger partial charge in [0.2, 0.25) is 11.8 Å². The molecule has 154 valence electrons. The molecule has 0 fully saturated rings. The fraction of sp³-hybridized carbons (Fsp3) is 0.300. The number of rotatable bonds is 7. The number of fused-ring (bicyclic) bond motifs is 1. The van der Waals surface area contributed by atoms with E-state index in [0.29, 0.717) is 17.2 Å². The summed E-state index contributed by atoms with van der Waals surface area (Å²) in [4.78, 5) is 24.8. The topological polar surface area (TPSA) is 102 Å². The van der Waals surface area contributed by atoms with Crippen molar-refractivity contribution in [3.8, 4) is 5.75 Å². The minimum Gasteiger partial charge on any atom is -0.496 e. The third kappa shape index (κ3) is 4.91. The normalized spacial score (nSPS) is 14.5. The highest BCUT2D eigenvalue weighted by Gasteiger charge is 2.27. The van der Waals surface area contributed by atoms with Gasteiger partial charge in [-0.3, -0.25) is 9.59 Å². The average Bonchev–Trinajstić information content (AvgIpc) is 2.71. The van der Waals surface area contributed by atoms with E-state index >= 15 is 0 Å². The number of hydrogen-bond donors (Lipinski definition) is 2. The highest BCUT2D eigenvalue weighted by molar-refractivity contribution is 8.00. The molecule has 0 aliphatic carbocycles. The highest BCUT2D eigenvalue weighted by atomic mass is 32.2. The first-order valence-electron chi connectivity index (χ1n) is 9.00. The van der Waals surface area contributed by atoms with E-state index < -0.39 is 15.1 Å². The molecule has 1 aliphatic heterocycles. The Morgan fingerprint density at radius 1 is 1.28 bits per heavy atom. The second-order valence-electron chi connectivity index (χ2n) is 6.64. The van der Waals surface area contributed by atoms with E-state index in [9.17, 15) is 18.0 Å². The third-order valence-electron chi connectivity index (χ3n) is 4.58. The maximum absolute atomic E-state index is 12.9. The van der Waals surface area contributed by atoms with E-state index in [0.717, 1.165) is 10.5 Å². The fourth-order valence-electron chi connectivity index (χ4n) is 2.96. The van der Waals surface area contributed by atoms with Crippen molar-refractivity contribution in [1.29, 1.82) is 0 Å². The van der Waals surface area contributed by atoms with Gasteiger partial charge >= 0.3 is 0 Å². The van der Waals surface area contributed by atoms with Crippen molar-refractivity contribution in [3.05, 3.63) is 48.0 Å². The number of para-hydroxylation sites is 1. The molecule has 2 aromatic carbocycles. The molecule has 3 rings (SSSR count). The van der Waals surface area contributed by atoms with Crippen LogP contribution in [0.25, 0.3) is 0 Å².